The van der Waals surface area contributed by atoms with Crippen LogP contribution in [0.15, 0.2) is 84.9 Å². The second kappa shape index (κ2) is 21.7. The van der Waals surface area contributed by atoms with Gasteiger partial charge < -0.3 is 23.0 Å². The number of hydrogen-bond acceptors (Lipinski definition) is 16. The summed E-state index contributed by atoms with van der Waals surface area (Å²) in [5, 5.41) is 11.6. The molecule has 0 aromatic heterocycles. The molecule has 0 fully saturated rings. The molecule has 3 rings (SSSR count). The molecule has 0 aliphatic rings. The normalized spacial score (nSPS) is 15.5. The van der Waals surface area contributed by atoms with Gasteiger partial charge in [0.2, 0.25) is 5.75 Å². The first-order valence-corrected chi connectivity index (χ1v) is 23.0. The van der Waals surface area contributed by atoms with E-state index in [2.05, 4.69) is 0 Å². The largest absolute Gasteiger partial charge is 0.459 e. The fraction of sp³-hybridized carbons (Fsp3) is 0.467. The zero-order valence-corrected chi connectivity index (χ0v) is 40.4. The van der Waals surface area contributed by atoms with Gasteiger partial charge >= 0.3 is 32.8 Å². The molecule has 0 radical (unpaired) electrons. The fourth-order valence-electron chi connectivity index (χ4n) is 4.86. The number of esters is 2. The third-order valence-corrected chi connectivity index (χ3v) is 13.5. The van der Waals surface area contributed by atoms with Gasteiger partial charge in [-0.3, -0.25) is 48.0 Å². The standard InChI is InChI=1S/C23H33O8P.C22H26NO8P/c1-16(24)22(7,17(2)25)14-29-32(28,19-12-10-9-11-13-19)30-15-23(8,18(3)26)20(27)31-21(4,5)6;1-16(24)22(5,20(25)30-21(2,3)4)15-29-32(28,17-11-7-6-8-12-17)31-19-14-10-9-13-18(19)23(26)27/h9-13H,14-15H2,1-8H3;6-14H,15H2,1-5H3. The van der Waals surface area contributed by atoms with Gasteiger partial charge in [0.1, 0.15) is 50.6 Å². The number of Topliss-reactive ketones (excluding diaryl/α,β-unsaturated/α-hetero) is 4. The Morgan fingerprint density at radius 3 is 1.16 bits per heavy atom. The van der Waals surface area contributed by atoms with Crippen LogP contribution in [-0.4, -0.2) is 71.0 Å². The van der Waals surface area contributed by atoms with Crippen molar-refractivity contribution >= 4 is 66.6 Å². The van der Waals surface area contributed by atoms with Crippen LogP contribution < -0.4 is 15.1 Å². The number of benzene rings is 3. The second-order valence-electron chi connectivity index (χ2n) is 17.5. The molecule has 17 nitrogen and oxygen atoms in total. The molecule has 0 heterocycles. The second-order valence-corrected chi connectivity index (χ2v) is 21.5. The summed E-state index contributed by atoms with van der Waals surface area (Å²) in [6.45, 7) is 17.2. The smallest absolute Gasteiger partial charge is 0.411 e. The molecule has 3 aromatic rings. The van der Waals surface area contributed by atoms with E-state index in [0.717, 1.165) is 0 Å². The lowest BCUT2D eigenvalue weighted by atomic mass is 9.83. The van der Waals surface area contributed by atoms with Crippen molar-refractivity contribution in [2.75, 3.05) is 19.8 Å². The summed E-state index contributed by atoms with van der Waals surface area (Å²) in [6, 6.07) is 21.1. The lowest BCUT2D eigenvalue weighted by Crippen LogP contribution is -2.44. The van der Waals surface area contributed by atoms with Crippen molar-refractivity contribution in [2.24, 2.45) is 16.2 Å². The number of carbonyl (C=O) groups excluding carboxylic acids is 6. The van der Waals surface area contributed by atoms with Crippen LogP contribution in [0.2, 0.25) is 0 Å². The molecule has 0 N–H and O–H groups in total. The van der Waals surface area contributed by atoms with E-state index in [1.807, 2.05) is 0 Å². The molecule has 0 aliphatic carbocycles. The molecule has 64 heavy (non-hydrogen) atoms. The lowest BCUT2D eigenvalue weighted by Gasteiger charge is -2.31. The molecular formula is C45H59NO16P2. The molecule has 0 saturated carbocycles. The monoisotopic (exact) mass is 931 g/mol. The summed E-state index contributed by atoms with van der Waals surface area (Å²) >= 11 is 0. The molecule has 350 valence electrons. The number of carbonyl (C=O) groups is 6. The van der Waals surface area contributed by atoms with Crippen LogP contribution in [0, 0.1) is 26.4 Å². The Bertz CT molecular complexity index is 2270. The van der Waals surface area contributed by atoms with Crippen molar-refractivity contribution in [2.45, 2.75) is 101 Å². The zero-order chi connectivity index (χ0) is 49.1. The molecule has 0 spiro atoms. The highest BCUT2D eigenvalue weighted by Crippen LogP contribution is 2.51. The van der Waals surface area contributed by atoms with Crippen LogP contribution in [0.4, 0.5) is 5.69 Å². The van der Waals surface area contributed by atoms with Crippen molar-refractivity contribution in [1.29, 1.82) is 0 Å². The Balaban J connectivity index is 0.000000440. The van der Waals surface area contributed by atoms with Gasteiger partial charge in [0.25, 0.3) is 0 Å². The highest BCUT2D eigenvalue weighted by atomic mass is 31.2. The topological polar surface area (TPSA) is 235 Å². The molecular weight excluding hydrogens is 872 g/mol. The van der Waals surface area contributed by atoms with Crippen LogP contribution in [0.3, 0.4) is 0 Å². The minimum atomic E-state index is -4.25. The summed E-state index contributed by atoms with van der Waals surface area (Å²) in [5.74, 6) is -3.94. The van der Waals surface area contributed by atoms with E-state index in [1.165, 1.54) is 97.0 Å². The maximum absolute atomic E-state index is 13.8. The van der Waals surface area contributed by atoms with E-state index in [1.54, 1.807) is 77.9 Å². The quantitative estimate of drug-likeness (QED) is 0.0342. The van der Waals surface area contributed by atoms with Crippen LogP contribution in [0.1, 0.15) is 90.0 Å². The van der Waals surface area contributed by atoms with Crippen LogP contribution >= 0.6 is 15.2 Å². The van der Waals surface area contributed by atoms with E-state index in [0.29, 0.717) is 0 Å². The van der Waals surface area contributed by atoms with Crippen molar-refractivity contribution in [3.8, 4) is 5.75 Å². The average molecular weight is 932 g/mol. The zero-order valence-electron chi connectivity index (χ0n) is 38.6. The summed E-state index contributed by atoms with van der Waals surface area (Å²) in [4.78, 5) is 84.9. The molecule has 0 aliphatic heterocycles. The number of nitro benzene ring substituents is 1. The highest BCUT2D eigenvalue weighted by Gasteiger charge is 2.47. The van der Waals surface area contributed by atoms with Crippen molar-refractivity contribution < 1.29 is 70.4 Å². The molecule has 3 aromatic carbocycles. The maximum atomic E-state index is 13.8. The first kappa shape index (κ1) is 55.0. The number of nitrogens with zero attached hydrogens (tertiary/aromatic N) is 1. The summed E-state index contributed by atoms with van der Waals surface area (Å²) < 4.78 is 60.6. The Morgan fingerprint density at radius 2 is 0.812 bits per heavy atom. The number of ketones is 4. The summed E-state index contributed by atoms with van der Waals surface area (Å²) in [6.07, 6.45) is 0. The predicted molar refractivity (Wildman–Crippen MR) is 238 cm³/mol. The summed E-state index contributed by atoms with van der Waals surface area (Å²) in [5.41, 5.74) is -7.16. The van der Waals surface area contributed by atoms with E-state index >= 15 is 0 Å². The van der Waals surface area contributed by atoms with Gasteiger partial charge in [-0.05, 0) is 120 Å². The molecule has 0 saturated heterocycles. The maximum Gasteiger partial charge on any atom is 0.411 e. The van der Waals surface area contributed by atoms with Crippen LogP contribution in [-0.2, 0) is 60.9 Å². The molecule has 4 unspecified atom stereocenters. The Hall–Kier alpha value is -5.18. The van der Waals surface area contributed by atoms with Gasteiger partial charge in [0.15, 0.2) is 0 Å². The Kier molecular flexibility index (Phi) is 18.6. The van der Waals surface area contributed by atoms with Gasteiger partial charge in [-0.1, -0.05) is 48.5 Å². The van der Waals surface area contributed by atoms with Gasteiger partial charge in [0.05, 0.1) is 35.4 Å². The third-order valence-electron chi connectivity index (χ3n) is 9.80. The number of nitro groups is 1. The number of para-hydroxylation sites is 2. The first-order chi connectivity index (χ1) is 29.3. The molecule has 4 atom stereocenters. The Morgan fingerprint density at radius 1 is 0.500 bits per heavy atom. The summed E-state index contributed by atoms with van der Waals surface area (Å²) in [7, 11) is -8.39. The Labute approximate surface area is 374 Å². The highest BCUT2D eigenvalue weighted by molar-refractivity contribution is 7.62. The minimum absolute atomic E-state index is 0.105. The van der Waals surface area contributed by atoms with Gasteiger partial charge in [-0.2, -0.15) is 0 Å². The van der Waals surface area contributed by atoms with Crippen LogP contribution in [0.25, 0.3) is 0 Å². The minimum Gasteiger partial charge on any atom is -0.459 e. The van der Waals surface area contributed by atoms with E-state index in [4.69, 9.17) is 27.6 Å². The molecule has 0 amide bonds. The van der Waals surface area contributed by atoms with E-state index in [9.17, 15) is 48.0 Å². The number of hydrogen-bond donors (Lipinski definition) is 0. The third kappa shape index (κ3) is 14.7. The van der Waals surface area contributed by atoms with Gasteiger partial charge in [-0.25, -0.2) is 4.57 Å². The van der Waals surface area contributed by atoms with Crippen molar-refractivity contribution in [3.05, 3.63) is 95.0 Å². The van der Waals surface area contributed by atoms with E-state index < -0.39 is 108 Å². The van der Waals surface area contributed by atoms with Gasteiger partial charge in [0, 0.05) is 6.07 Å². The fourth-order valence-corrected chi connectivity index (χ4v) is 8.31. The molecule has 0 bridgehead atoms. The van der Waals surface area contributed by atoms with Crippen molar-refractivity contribution in [1.82, 2.24) is 0 Å². The number of ether oxygens (including phenoxy) is 2. The predicted octanol–water partition coefficient (Wildman–Crippen LogP) is 8.11. The lowest BCUT2D eigenvalue weighted by molar-refractivity contribution is -0.385. The van der Waals surface area contributed by atoms with Crippen LogP contribution in [0.5, 0.6) is 5.75 Å². The first-order valence-electron chi connectivity index (χ1n) is 20.0. The van der Waals surface area contributed by atoms with Gasteiger partial charge in [-0.15, -0.1) is 0 Å². The molecule has 19 heteroatoms. The van der Waals surface area contributed by atoms with Crippen molar-refractivity contribution in [3.63, 3.8) is 0 Å². The van der Waals surface area contributed by atoms with E-state index in [-0.39, 0.29) is 16.4 Å². The SMILES string of the molecule is CC(=O)C(C)(COP(=O)(OCC(C)(C(C)=O)C(=O)OC(C)(C)C)c1ccccc1)C(C)=O.CC(=O)C(C)(COP(=O)(Oc1ccccc1[N+](=O)[O-])c1ccccc1)C(=O)OC(C)(C)C. The average Bonchev–Trinajstić information content (AvgIpc) is 3.20. The number of rotatable bonds is 20.